The fraction of sp³-hybridized carbons (Fsp3) is 0.185. The number of carbonyl (C=O) groups is 1. The zero-order valence-electron chi connectivity index (χ0n) is 18.8. The molecule has 0 unspecified atom stereocenters. The van der Waals surface area contributed by atoms with Gasteiger partial charge in [-0.1, -0.05) is 96.9 Å². The molecule has 0 heterocycles. The van der Waals surface area contributed by atoms with Crippen molar-refractivity contribution in [2.45, 2.75) is 32.6 Å². The van der Waals surface area contributed by atoms with Gasteiger partial charge in [0.25, 0.3) is 0 Å². The van der Waals surface area contributed by atoms with Gasteiger partial charge in [0, 0.05) is 5.91 Å². The number of carbonyl (C=O) groups excluding carboxylic acids is 1. The summed E-state index contributed by atoms with van der Waals surface area (Å²) in [4.78, 5) is 9.99. The van der Waals surface area contributed by atoms with Crippen molar-refractivity contribution in [3.8, 4) is 0 Å². The van der Waals surface area contributed by atoms with E-state index in [-0.39, 0.29) is 0 Å². The maximum Gasteiger partial charge on any atom is 0.121 e. The minimum atomic E-state index is -0.556. The largest absolute Gasteiger partial charge is 0.168 e. The Morgan fingerprint density at radius 2 is 1.36 bits per heavy atom. The van der Waals surface area contributed by atoms with Crippen molar-refractivity contribution in [1.82, 2.24) is 0 Å². The minimum absolute atomic E-state index is 0.432. The van der Waals surface area contributed by atoms with Crippen LogP contribution in [0, 0.1) is 0 Å². The van der Waals surface area contributed by atoms with Crippen molar-refractivity contribution in [2.75, 3.05) is 0 Å². The van der Waals surface area contributed by atoms with E-state index in [1.54, 1.807) is 0 Å². The summed E-state index contributed by atoms with van der Waals surface area (Å²) in [5.74, 6) is -0.432. The van der Waals surface area contributed by atoms with Crippen LogP contribution in [0.1, 0.15) is 32.6 Å². The third-order valence-electron chi connectivity index (χ3n) is 4.39. The number of benzene rings is 3. The molecule has 4 aromatic rings. The predicted molar refractivity (Wildman–Crippen MR) is 143 cm³/mol. The number of unbranched alkanes of at least 4 members (excludes halogenated alkanes) is 2. The molecule has 0 aromatic heterocycles. The standard InChI is InChI=1S/C12H10Si.C9H7.C6H13NO.2ClH.Ti/c1-3-7-11(8-4-1)13-12-9-5-2-6-10-12;1-2-5-9-7-3-6-8(9)4-1;1-2-3-4-5-6(7)8;;;/h1-10H;1-7H;2-5H2,1H3,(H2,7,8);2*1H;/q;-1;;;;+2/p-3. The molecule has 0 saturated heterocycles. The summed E-state index contributed by atoms with van der Waals surface area (Å²) < 4.78 is 0. The second-order valence-electron chi connectivity index (χ2n) is 6.96. The number of hydrogen-bond donors (Lipinski definition) is 0. The molecule has 1 N–H and O–H groups in total. The van der Waals surface area contributed by atoms with Crippen LogP contribution in [0.25, 0.3) is 16.5 Å². The van der Waals surface area contributed by atoms with Gasteiger partial charge in [0.15, 0.2) is 0 Å². The summed E-state index contributed by atoms with van der Waals surface area (Å²) in [6, 6.07) is 35.8. The summed E-state index contributed by atoms with van der Waals surface area (Å²) >= 11 is -0.556. The number of amides is 1. The van der Waals surface area contributed by atoms with E-state index in [1.165, 1.54) is 21.1 Å². The molecule has 2 radical (unpaired) electrons. The van der Waals surface area contributed by atoms with Gasteiger partial charge in [-0.05, 0) is 12.8 Å². The summed E-state index contributed by atoms with van der Waals surface area (Å²) in [5.41, 5.74) is 6.52. The Labute approximate surface area is 217 Å². The second-order valence-corrected chi connectivity index (χ2v) is 10.9. The van der Waals surface area contributed by atoms with E-state index < -0.39 is 22.9 Å². The number of fused-ring (bicyclic) bond motifs is 1. The summed E-state index contributed by atoms with van der Waals surface area (Å²) in [6.07, 6.45) is 3.52. The molecule has 6 heteroatoms. The quantitative estimate of drug-likeness (QED) is 0.145. The van der Waals surface area contributed by atoms with Gasteiger partial charge in [0.2, 0.25) is 0 Å². The van der Waals surface area contributed by atoms with E-state index in [9.17, 15) is 4.79 Å². The van der Waals surface area contributed by atoms with Crippen molar-refractivity contribution < 1.29 is 21.8 Å². The molecule has 33 heavy (non-hydrogen) atoms. The molecule has 0 atom stereocenters. The Morgan fingerprint density at radius 3 is 1.85 bits per heavy atom. The van der Waals surface area contributed by atoms with Gasteiger partial charge in [-0.15, -0.1) is 29.7 Å². The first kappa shape index (κ1) is 29.3. The monoisotopic (exact) mass is 529 g/mol. The van der Waals surface area contributed by atoms with Crippen LogP contribution in [-0.2, 0) is 21.8 Å². The molecule has 0 fully saturated rings. The normalized spacial score (nSPS) is 9.30. The fourth-order valence-corrected chi connectivity index (χ4v) is 3.87. The summed E-state index contributed by atoms with van der Waals surface area (Å²) in [7, 11) is 10.6. The average molecular weight is 530 g/mol. The van der Waals surface area contributed by atoms with Gasteiger partial charge in [-0.3, -0.25) is 0 Å². The summed E-state index contributed by atoms with van der Waals surface area (Å²) in [5, 5.41) is 5.46. The molecule has 0 aliphatic rings. The van der Waals surface area contributed by atoms with Crippen LogP contribution in [0.4, 0.5) is 0 Å². The first-order valence-electron chi connectivity index (χ1n) is 10.8. The van der Waals surface area contributed by atoms with Crippen LogP contribution in [0.5, 0.6) is 0 Å². The van der Waals surface area contributed by atoms with Gasteiger partial charge in [-0.25, -0.2) is 0 Å². The molecule has 0 aliphatic heterocycles. The zero-order valence-corrected chi connectivity index (χ0v) is 22.9. The van der Waals surface area contributed by atoms with Gasteiger partial charge >= 0.3 is 35.6 Å². The van der Waals surface area contributed by atoms with E-state index in [0.29, 0.717) is 6.42 Å². The number of halogens is 2. The summed E-state index contributed by atoms with van der Waals surface area (Å²) in [6.45, 7) is 2.08. The Bertz CT molecular complexity index is 929. The van der Waals surface area contributed by atoms with E-state index in [0.717, 1.165) is 28.8 Å². The zero-order chi connectivity index (χ0) is 24.2. The molecule has 0 saturated carbocycles. The molecule has 4 rings (SSSR count). The Balaban J connectivity index is 0.000000241. The number of nitrogens with one attached hydrogen (secondary N) is 1. The van der Waals surface area contributed by atoms with Gasteiger partial charge in [0.1, 0.15) is 9.52 Å². The number of hydrogen-bond acceptors (Lipinski definition) is 1. The molecule has 0 bridgehead atoms. The Morgan fingerprint density at radius 1 is 0.848 bits per heavy atom. The second kappa shape index (κ2) is 19.7. The minimum Gasteiger partial charge on any atom is -0.168 e. The van der Waals surface area contributed by atoms with Crippen LogP contribution in [0.2, 0.25) is 0 Å². The average Bonchev–Trinajstić information content (AvgIpc) is 3.31. The van der Waals surface area contributed by atoms with Crippen molar-refractivity contribution in [1.29, 1.82) is 0 Å². The van der Waals surface area contributed by atoms with Crippen LogP contribution in [0.3, 0.4) is 0 Å². The molecule has 0 aliphatic carbocycles. The Kier molecular flexibility index (Phi) is 17.5. The van der Waals surface area contributed by atoms with Crippen LogP contribution < -0.4 is 10.4 Å². The van der Waals surface area contributed by atoms with Crippen molar-refractivity contribution in [2.24, 2.45) is 0 Å². The smallest absolute Gasteiger partial charge is 0.121 e. The maximum absolute atomic E-state index is 9.99. The van der Waals surface area contributed by atoms with Crippen molar-refractivity contribution in [3.05, 3.63) is 109 Å². The van der Waals surface area contributed by atoms with Crippen LogP contribution >= 0.6 is 18.6 Å². The van der Waals surface area contributed by atoms with E-state index in [2.05, 4.69) is 110 Å². The van der Waals surface area contributed by atoms with Crippen LogP contribution in [0.15, 0.2) is 103 Å². The van der Waals surface area contributed by atoms with E-state index >= 15 is 0 Å². The molecular formula is C27H29Cl2NOSiTi-2. The first-order chi connectivity index (χ1) is 16.1. The predicted octanol–water partition coefficient (Wildman–Crippen LogP) is 7.42. The first-order valence-corrected chi connectivity index (χ1v) is 16.1. The Hall–Kier alpha value is -1.75. The van der Waals surface area contributed by atoms with Gasteiger partial charge in [-0.2, -0.15) is 17.5 Å². The molecule has 1 amide bonds. The van der Waals surface area contributed by atoms with Crippen molar-refractivity contribution >= 4 is 55.2 Å². The molecule has 4 aromatic carbocycles. The van der Waals surface area contributed by atoms with Gasteiger partial charge < -0.3 is 10.5 Å². The molecule has 172 valence electrons. The maximum atomic E-state index is 9.99. The third-order valence-corrected chi connectivity index (χ3v) is 5.64. The SMILES string of the molecule is CCCCCC([NH-])=O.[Cl][Ti][Cl].c1ccc([Si]c2ccccc2)cc1.c1ccc2[cH-]ccc2c1. The van der Waals surface area contributed by atoms with Crippen LogP contribution in [-0.4, -0.2) is 15.4 Å². The molecule has 0 spiro atoms. The molecule has 2 nitrogen and oxygen atoms in total. The van der Waals surface area contributed by atoms with Gasteiger partial charge in [0.05, 0.1) is 0 Å². The number of rotatable bonds is 6. The van der Waals surface area contributed by atoms with Crippen molar-refractivity contribution in [3.63, 3.8) is 0 Å². The van der Waals surface area contributed by atoms with E-state index in [4.69, 9.17) is 24.3 Å². The van der Waals surface area contributed by atoms with E-state index in [1.807, 2.05) is 0 Å². The fourth-order valence-electron chi connectivity index (χ4n) is 2.82. The third kappa shape index (κ3) is 14.9. The molecular weight excluding hydrogens is 501 g/mol. The topological polar surface area (TPSA) is 40.9 Å².